The maximum absolute atomic E-state index is 5.92. The molecule has 2 heterocycles. The molecule has 0 aliphatic carbocycles. The molecule has 0 saturated carbocycles. The third-order valence-electron chi connectivity index (χ3n) is 4.60. The molecule has 1 aromatic rings. The zero-order chi connectivity index (χ0) is 16.3. The maximum atomic E-state index is 5.92. The smallest absolute Gasteiger partial charge is 0.216 e. The lowest BCUT2D eigenvalue weighted by Gasteiger charge is -2.20. The minimum Gasteiger partial charge on any atom is -0.494 e. The molecule has 0 bridgehead atoms. The second kappa shape index (κ2) is 6.91. The van der Waals surface area contributed by atoms with E-state index in [4.69, 9.17) is 9.47 Å². The van der Waals surface area contributed by atoms with Crippen molar-refractivity contribution in [1.82, 2.24) is 4.90 Å². The highest BCUT2D eigenvalue weighted by Gasteiger charge is 2.27. The van der Waals surface area contributed by atoms with Crippen molar-refractivity contribution in [2.75, 3.05) is 26.3 Å². The van der Waals surface area contributed by atoms with Crippen LogP contribution in [0, 0.1) is 0 Å². The van der Waals surface area contributed by atoms with Crippen molar-refractivity contribution in [2.24, 2.45) is 4.99 Å². The van der Waals surface area contributed by atoms with Gasteiger partial charge < -0.3 is 14.4 Å². The summed E-state index contributed by atoms with van der Waals surface area (Å²) in [5.74, 6) is 1.62. The van der Waals surface area contributed by atoms with Gasteiger partial charge in [0.2, 0.25) is 5.90 Å². The van der Waals surface area contributed by atoms with Gasteiger partial charge in [0.25, 0.3) is 0 Å². The van der Waals surface area contributed by atoms with Gasteiger partial charge in [0.1, 0.15) is 12.4 Å². The van der Waals surface area contributed by atoms with Crippen LogP contribution >= 0.6 is 0 Å². The summed E-state index contributed by atoms with van der Waals surface area (Å²) >= 11 is 0. The summed E-state index contributed by atoms with van der Waals surface area (Å²) in [6, 6.07) is 8.80. The van der Waals surface area contributed by atoms with Crippen molar-refractivity contribution < 1.29 is 9.47 Å². The van der Waals surface area contributed by atoms with Gasteiger partial charge in [-0.15, -0.1) is 0 Å². The van der Waals surface area contributed by atoms with Gasteiger partial charge in [-0.25, -0.2) is 4.99 Å². The molecule has 0 spiro atoms. The first-order valence-corrected chi connectivity index (χ1v) is 8.73. The van der Waals surface area contributed by atoms with Gasteiger partial charge in [-0.3, -0.25) is 0 Å². The Balaban J connectivity index is 1.50. The molecular weight excluding hydrogens is 288 g/mol. The summed E-state index contributed by atoms with van der Waals surface area (Å²) in [6.45, 7) is 10.3. The molecule has 2 aliphatic rings. The van der Waals surface area contributed by atoms with E-state index in [-0.39, 0.29) is 5.54 Å². The second-order valence-corrected chi connectivity index (χ2v) is 7.28. The monoisotopic (exact) mass is 316 g/mol. The number of hydrogen-bond donors (Lipinski definition) is 0. The highest BCUT2D eigenvalue weighted by molar-refractivity contribution is 5.95. The van der Waals surface area contributed by atoms with Gasteiger partial charge in [0, 0.05) is 18.2 Å². The first kappa shape index (κ1) is 16.3. The first-order valence-electron chi connectivity index (χ1n) is 8.73. The lowest BCUT2D eigenvalue weighted by atomic mass is 10.1. The molecule has 0 N–H and O–H groups in total. The minimum absolute atomic E-state index is 0.126. The van der Waals surface area contributed by atoms with Gasteiger partial charge >= 0.3 is 0 Å². The fourth-order valence-corrected chi connectivity index (χ4v) is 3.23. The predicted octanol–water partition coefficient (Wildman–Crippen LogP) is 3.50. The van der Waals surface area contributed by atoms with Crippen LogP contribution in [0.25, 0.3) is 0 Å². The Bertz CT molecular complexity index is 568. The molecule has 4 nitrogen and oxygen atoms in total. The van der Waals surface area contributed by atoms with Crippen LogP contribution in [0.5, 0.6) is 5.75 Å². The van der Waals surface area contributed by atoms with Gasteiger partial charge in [0.15, 0.2) is 0 Å². The molecule has 0 amide bonds. The van der Waals surface area contributed by atoms with Crippen LogP contribution in [0.1, 0.15) is 45.6 Å². The number of nitrogens with zero attached hydrogens (tertiary/aromatic N) is 2. The Kier molecular flexibility index (Phi) is 4.90. The Morgan fingerprint density at radius 1 is 1.39 bits per heavy atom. The SMILES string of the molecule is CC1CCCN1CCCOc1cccc(C2=NC(C)(C)CO2)c1. The summed E-state index contributed by atoms with van der Waals surface area (Å²) in [7, 11) is 0. The maximum Gasteiger partial charge on any atom is 0.216 e. The Hall–Kier alpha value is -1.55. The number of likely N-dealkylation sites (tertiary alicyclic amines) is 1. The molecule has 0 radical (unpaired) electrons. The van der Waals surface area contributed by atoms with Crippen LogP contribution in [-0.2, 0) is 4.74 Å². The summed E-state index contributed by atoms with van der Waals surface area (Å²) in [4.78, 5) is 7.18. The van der Waals surface area contributed by atoms with Gasteiger partial charge in [-0.2, -0.15) is 0 Å². The molecule has 1 unspecified atom stereocenters. The Morgan fingerprint density at radius 3 is 2.96 bits per heavy atom. The van der Waals surface area contributed by atoms with Crippen LogP contribution in [-0.4, -0.2) is 48.7 Å². The van der Waals surface area contributed by atoms with Gasteiger partial charge in [0.05, 0.1) is 12.1 Å². The minimum atomic E-state index is -0.126. The third-order valence-corrected chi connectivity index (χ3v) is 4.60. The van der Waals surface area contributed by atoms with Crippen LogP contribution in [0.15, 0.2) is 29.3 Å². The molecule has 126 valence electrons. The van der Waals surface area contributed by atoms with E-state index >= 15 is 0 Å². The highest BCUT2D eigenvalue weighted by Crippen LogP contribution is 2.23. The third kappa shape index (κ3) is 4.25. The molecule has 1 aromatic carbocycles. The summed E-state index contributed by atoms with van der Waals surface area (Å²) in [5, 5.41) is 0. The topological polar surface area (TPSA) is 34.1 Å². The molecule has 23 heavy (non-hydrogen) atoms. The normalized spacial score (nSPS) is 23.6. The zero-order valence-electron chi connectivity index (χ0n) is 14.5. The molecule has 1 saturated heterocycles. The lowest BCUT2D eigenvalue weighted by Crippen LogP contribution is -2.28. The molecule has 1 fully saturated rings. The van der Waals surface area contributed by atoms with Gasteiger partial charge in [-0.05, 0) is 64.8 Å². The van der Waals surface area contributed by atoms with Crippen molar-refractivity contribution in [3.05, 3.63) is 29.8 Å². The quantitative estimate of drug-likeness (QED) is 0.753. The average Bonchev–Trinajstić information content (AvgIpc) is 3.09. The number of aliphatic imine (C=N–C) groups is 1. The summed E-state index contributed by atoms with van der Waals surface area (Å²) in [6.07, 6.45) is 3.74. The number of rotatable bonds is 6. The molecule has 3 rings (SSSR count). The van der Waals surface area contributed by atoms with E-state index in [2.05, 4.69) is 30.7 Å². The standard InChI is InChI=1S/C19H28N2O2/c1-15-7-5-10-21(15)11-6-12-22-17-9-4-8-16(13-17)18-20-19(2,3)14-23-18/h4,8-9,13,15H,5-7,10-12,14H2,1-3H3. The molecular formula is C19H28N2O2. The summed E-state index contributed by atoms with van der Waals surface area (Å²) in [5.41, 5.74) is 0.875. The van der Waals surface area contributed by atoms with Gasteiger partial charge in [-0.1, -0.05) is 6.07 Å². The largest absolute Gasteiger partial charge is 0.494 e. The summed E-state index contributed by atoms with van der Waals surface area (Å²) < 4.78 is 11.6. The van der Waals surface area contributed by atoms with E-state index in [1.807, 2.05) is 24.3 Å². The Morgan fingerprint density at radius 2 is 2.26 bits per heavy atom. The van der Waals surface area contributed by atoms with E-state index in [1.54, 1.807) is 0 Å². The second-order valence-electron chi connectivity index (χ2n) is 7.28. The first-order chi connectivity index (χ1) is 11.0. The highest BCUT2D eigenvalue weighted by atomic mass is 16.5. The van der Waals surface area contributed by atoms with Crippen molar-refractivity contribution in [2.45, 2.75) is 51.6 Å². The number of hydrogen-bond acceptors (Lipinski definition) is 4. The lowest BCUT2D eigenvalue weighted by molar-refractivity contribution is 0.230. The molecule has 4 heteroatoms. The van der Waals surface area contributed by atoms with Crippen molar-refractivity contribution in [1.29, 1.82) is 0 Å². The van der Waals surface area contributed by atoms with E-state index in [0.717, 1.165) is 42.8 Å². The Labute approximate surface area is 139 Å². The molecule has 0 aromatic heterocycles. The van der Waals surface area contributed by atoms with Crippen LogP contribution in [0.2, 0.25) is 0 Å². The average molecular weight is 316 g/mol. The molecule has 2 aliphatic heterocycles. The zero-order valence-corrected chi connectivity index (χ0v) is 14.5. The van der Waals surface area contributed by atoms with E-state index in [0.29, 0.717) is 6.61 Å². The van der Waals surface area contributed by atoms with Crippen molar-refractivity contribution >= 4 is 5.90 Å². The van der Waals surface area contributed by atoms with Crippen LogP contribution in [0.4, 0.5) is 0 Å². The number of ether oxygens (including phenoxy) is 2. The van der Waals surface area contributed by atoms with E-state index in [1.165, 1.54) is 19.4 Å². The number of benzene rings is 1. The predicted molar refractivity (Wildman–Crippen MR) is 93.4 cm³/mol. The molecule has 1 atom stereocenters. The van der Waals surface area contributed by atoms with E-state index in [9.17, 15) is 0 Å². The van der Waals surface area contributed by atoms with Crippen molar-refractivity contribution in [3.8, 4) is 5.75 Å². The van der Waals surface area contributed by atoms with Crippen LogP contribution in [0.3, 0.4) is 0 Å². The van der Waals surface area contributed by atoms with E-state index < -0.39 is 0 Å². The fraction of sp³-hybridized carbons (Fsp3) is 0.632. The van der Waals surface area contributed by atoms with Crippen LogP contribution < -0.4 is 4.74 Å². The fourth-order valence-electron chi connectivity index (χ4n) is 3.23. The van der Waals surface area contributed by atoms with Crippen molar-refractivity contribution in [3.63, 3.8) is 0 Å².